The largest absolute Gasteiger partial charge is 0.367 e. The van der Waals surface area contributed by atoms with Gasteiger partial charge in [-0.1, -0.05) is 38.7 Å². The first-order valence-corrected chi connectivity index (χ1v) is 12.1. The summed E-state index contributed by atoms with van der Waals surface area (Å²) in [5.41, 5.74) is 2.99. The maximum absolute atomic E-state index is 13.1. The number of hydrogen-bond donors (Lipinski definition) is 3. The van der Waals surface area contributed by atoms with Crippen LogP contribution in [-0.4, -0.2) is 43.4 Å². The van der Waals surface area contributed by atoms with Crippen molar-refractivity contribution in [1.82, 2.24) is 30.2 Å². The number of amides is 1. The van der Waals surface area contributed by atoms with Crippen molar-refractivity contribution in [1.29, 1.82) is 0 Å². The number of aromatic nitrogens is 5. The molecule has 3 heterocycles. The van der Waals surface area contributed by atoms with Crippen molar-refractivity contribution in [3.05, 3.63) is 54.4 Å². The van der Waals surface area contributed by atoms with Gasteiger partial charge in [0.2, 0.25) is 5.95 Å². The molecule has 0 aromatic carbocycles. The molecule has 0 aliphatic heterocycles. The summed E-state index contributed by atoms with van der Waals surface area (Å²) in [6.07, 6.45) is 16.3. The summed E-state index contributed by atoms with van der Waals surface area (Å²) in [6.45, 7) is 3.31. The zero-order chi connectivity index (χ0) is 23.6. The Hall–Kier alpha value is -3.62. The molecule has 0 saturated heterocycles. The summed E-state index contributed by atoms with van der Waals surface area (Å²) in [7, 11) is 0. The highest BCUT2D eigenvalue weighted by molar-refractivity contribution is 5.98. The van der Waals surface area contributed by atoms with E-state index in [0.29, 0.717) is 29.9 Å². The second kappa shape index (κ2) is 12.0. The molecule has 9 heteroatoms. The van der Waals surface area contributed by atoms with Crippen LogP contribution >= 0.6 is 0 Å². The van der Waals surface area contributed by atoms with Crippen LogP contribution in [0.15, 0.2) is 43.2 Å². The monoisotopic (exact) mass is 460 g/mol. The van der Waals surface area contributed by atoms with E-state index < -0.39 is 0 Å². The molecule has 1 amide bonds. The molecule has 1 aliphatic carbocycles. The molecular formula is C25H32N8O. The number of hydrogen-bond acceptors (Lipinski definition) is 8. The van der Waals surface area contributed by atoms with Crippen LogP contribution < -0.4 is 16.0 Å². The zero-order valence-electron chi connectivity index (χ0n) is 19.6. The number of nitrogens with zero attached hydrogens (tertiary/aromatic N) is 5. The highest BCUT2D eigenvalue weighted by Gasteiger charge is 2.20. The number of rotatable bonds is 10. The molecule has 0 spiro atoms. The minimum atomic E-state index is -0.209. The van der Waals surface area contributed by atoms with Gasteiger partial charge in [-0.25, -0.2) is 15.0 Å². The van der Waals surface area contributed by atoms with E-state index in [9.17, 15) is 4.79 Å². The van der Waals surface area contributed by atoms with Crippen LogP contribution in [0.5, 0.6) is 0 Å². The minimum absolute atomic E-state index is 0.209. The maximum Gasteiger partial charge on any atom is 0.256 e. The van der Waals surface area contributed by atoms with Gasteiger partial charge in [0.25, 0.3) is 5.91 Å². The molecule has 3 aromatic rings. The molecule has 1 saturated carbocycles. The lowest BCUT2D eigenvalue weighted by Crippen LogP contribution is -2.28. The van der Waals surface area contributed by atoms with Crippen molar-refractivity contribution in [3.8, 4) is 11.3 Å². The van der Waals surface area contributed by atoms with Crippen molar-refractivity contribution in [2.75, 3.05) is 17.2 Å². The minimum Gasteiger partial charge on any atom is -0.367 e. The Kier molecular flexibility index (Phi) is 8.32. The molecule has 3 N–H and O–H groups in total. The summed E-state index contributed by atoms with van der Waals surface area (Å²) >= 11 is 0. The first-order chi connectivity index (χ1) is 16.7. The third-order valence-corrected chi connectivity index (χ3v) is 5.93. The molecule has 0 bridgehead atoms. The molecule has 0 unspecified atom stereocenters. The van der Waals surface area contributed by atoms with E-state index >= 15 is 0 Å². The van der Waals surface area contributed by atoms with Crippen LogP contribution in [0.2, 0.25) is 0 Å². The van der Waals surface area contributed by atoms with Crippen molar-refractivity contribution < 1.29 is 4.79 Å². The van der Waals surface area contributed by atoms with Gasteiger partial charge in [-0.15, -0.1) is 0 Å². The second-order valence-electron chi connectivity index (χ2n) is 8.58. The number of carbonyl (C=O) groups excluding carboxylic acids is 1. The molecule has 4 rings (SSSR count). The molecule has 9 nitrogen and oxygen atoms in total. The van der Waals surface area contributed by atoms with Gasteiger partial charge in [-0.3, -0.25) is 9.78 Å². The van der Waals surface area contributed by atoms with Gasteiger partial charge in [0.15, 0.2) is 0 Å². The highest BCUT2D eigenvalue weighted by Crippen LogP contribution is 2.23. The Morgan fingerprint density at radius 2 is 1.85 bits per heavy atom. The van der Waals surface area contributed by atoms with Crippen LogP contribution in [0.1, 0.15) is 67.8 Å². The average Bonchev–Trinajstić information content (AvgIpc) is 2.89. The lowest BCUT2D eigenvalue weighted by molar-refractivity contribution is 0.0951. The quantitative estimate of drug-likeness (QED) is 0.385. The summed E-state index contributed by atoms with van der Waals surface area (Å²) < 4.78 is 0. The fourth-order valence-electron chi connectivity index (χ4n) is 3.97. The van der Waals surface area contributed by atoms with E-state index in [0.717, 1.165) is 49.0 Å². The average molecular weight is 461 g/mol. The molecule has 0 atom stereocenters. The molecule has 1 aliphatic rings. The standard InChI is InChI=1S/C25H32N8O/c1-2-3-11-28-25-31-16-21(23(33-25)32-20-7-5-4-6-8-20)24(34)30-13-18-9-10-22(29-12-18)19-14-26-17-27-15-19/h9-10,12,14-17,20H,2-8,11,13H2,1H3,(H,30,34)(H2,28,31,32,33). The molecule has 178 valence electrons. The van der Waals surface area contributed by atoms with Crippen LogP contribution in [-0.2, 0) is 6.54 Å². The van der Waals surface area contributed by atoms with Gasteiger partial charge in [-0.05, 0) is 30.9 Å². The van der Waals surface area contributed by atoms with E-state index in [2.05, 4.69) is 47.8 Å². The summed E-state index contributed by atoms with van der Waals surface area (Å²) in [6, 6.07) is 4.17. The third-order valence-electron chi connectivity index (χ3n) is 5.93. The lowest BCUT2D eigenvalue weighted by Gasteiger charge is -2.24. The van der Waals surface area contributed by atoms with E-state index in [4.69, 9.17) is 0 Å². The molecule has 0 radical (unpaired) electrons. The molecule has 34 heavy (non-hydrogen) atoms. The first kappa shape index (κ1) is 23.5. The molecular weight excluding hydrogens is 428 g/mol. The number of nitrogens with one attached hydrogen (secondary N) is 3. The van der Waals surface area contributed by atoms with Crippen LogP contribution in [0.3, 0.4) is 0 Å². The van der Waals surface area contributed by atoms with Gasteiger partial charge >= 0.3 is 0 Å². The van der Waals surface area contributed by atoms with Crippen molar-refractivity contribution in [2.45, 2.75) is 64.5 Å². The predicted octanol–water partition coefficient (Wildman–Crippen LogP) is 4.22. The topological polar surface area (TPSA) is 118 Å². The summed E-state index contributed by atoms with van der Waals surface area (Å²) in [5, 5.41) is 9.74. The van der Waals surface area contributed by atoms with Crippen molar-refractivity contribution >= 4 is 17.7 Å². The fraction of sp³-hybridized carbons (Fsp3) is 0.440. The number of anilines is 2. The van der Waals surface area contributed by atoms with E-state index in [1.807, 2.05) is 12.1 Å². The van der Waals surface area contributed by atoms with Crippen molar-refractivity contribution in [3.63, 3.8) is 0 Å². The zero-order valence-corrected chi connectivity index (χ0v) is 19.6. The van der Waals surface area contributed by atoms with Gasteiger partial charge in [0.1, 0.15) is 17.7 Å². The van der Waals surface area contributed by atoms with Gasteiger partial charge in [0.05, 0.1) is 5.69 Å². The number of pyridine rings is 1. The highest BCUT2D eigenvalue weighted by atomic mass is 16.1. The summed E-state index contributed by atoms with van der Waals surface area (Å²) in [5.74, 6) is 0.933. The van der Waals surface area contributed by atoms with E-state index in [1.54, 1.807) is 24.8 Å². The number of unbranched alkanes of at least 4 members (excludes halogenated alkanes) is 1. The predicted molar refractivity (Wildman–Crippen MR) is 132 cm³/mol. The smallest absolute Gasteiger partial charge is 0.256 e. The van der Waals surface area contributed by atoms with Crippen LogP contribution in [0.4, 0.5) is 11.8 Å². The van der Waals surface area contributed by atoms with Crippen LogP contribution in [0.25, 0.3) is 11.3 Å². The van der Waals surface area contributed by atoms with Gasteiger partial charge in [-0.2, -0.15) is 4.98 Å². The van der Waals surface area contributed by atoms with Crippen molar-refractivity contribution in [2.24, 2.45) is 0 Å². The maximum atomic E-state index is 13.1. The lowest BCUT2D eigenvalue weighted by atomic mass is 9.95. The summed E-state index contributed by atoms with van der Waals surface area (Å²) in [4.78, 5) is 34.6. The van der Waals surface area contributed by atoms with Crippen LogP contribution in [0, 0.1) is 0 Å². The SMILES string of the molecule is CCCCNc1ncc(C(=O)NCc2ccc(-c3cncnc3)nc2)c(NC2CCCCC2)n1. The first-order valence-electron chi connectivity index (χ1n) is 12.1. The van der Waals surface area contributed by atoms with E-state index in [1.165, 1.54) is 25.6 Å². The Balaban J connectivity index is 1.43. The normalized spacial score (nSPS) is 13.9. The van der Waals surface area contributed by atoms with Gasteiger partial charge in [0, 0.05) is 49.5 Å². The second-order valence-corrected chi connectivity index (χ2v) is 8.58. The Morgan fingerprint density at radius 1 is 1.03 bits per heavy atom. The molecule has 3 aromatic heterocycles. The fourth-order valence-corrected chi connectivity index (χ4v) is 3.97. The number of carbonyl (C=O) groups is 1. The Labute approximate surface area is 200 Å². The van der Waals surface area contributed by atoms with E-state index in [-0.39, 0.29) is 5.91 Å². The Bertz CT molecular complexity index is 1050. The van der Waals surface area contributed by atoms with Gasteiger partial charge < -0.3 is 16.0 Å². The Morgan fingerprint density at radius 3 is 2.59 bits per heavy atom. The third kappa shape index (κ3) is 6.46. The molecule has 1 fully saturated rings.